The number of likely N-dealkylation sites (N-methyl/N-ethyl adjacent to an activating group) is 1. The SMILES string of the molecule is C=C/C(=N\C(NC/C(=C/N)NC)c1ccccc1C(F)(F)F)NC(=NCC)c1ccccc1C. The van der Waals surface area contributed by atoms with Crippen molar-refractivity contribution >= 4 is 11.7 Å². The number of alkyl halides is 3. The van der Waals surface area contributed by atoms with Gasteiger partial charge in [-0.2, -0.15) is 13.2 Å². The maximum absolute atomic E-state index is 13.8. The molecule has 5 N–H and O–H groups in total. The second-order valence-electron chi connectivity index (χ2n) is 7.29. The Labute approximate surface area is 198 Å². The predicted octanol–water partition coefficient (Wildman–Crippen LogP) is 4.26. The standard InChI is InChI=1S/C25H31F3N6/c1-5-22(33-23(31-6-2)19-12-8-7-11-17(19)3)34-24(32-16-18(15-29)30-4)20-13-9-10-14-21(20)25(26,27)28/h5,7-15,24,30,32H,1,6,16,29H2,2-4H3,(H,31,33,34)/b18-15-. The summed E-state index contributed by atoms with van der Waals surface area (Å²) < 4.78 is 41.3. The first-order valence-corrected chi connectivity index (χ1v) is 10.8. The smallest absolute Gasteiger partial charge is 0.403 e. The number of rotatable bonds is 9. The number of nitrogens with one attached hydrogen (secondary N) is 3. The van der Waals surface area contributed by atoms with Gasteiger partial charge in [-0.3, -0.25) is 10.3 Å². The molecular formula is C25H31F3N6. The van der Waals surface area contributed by atoms with E-state index in [2.05, 4.69) is 32.5 Å². The Morgan fingerprint density at radius 3 is 2.41 bits per heavy atom. The summed E-state index contributed by atoms with van der Waals surface area (Å²) in [4.78, 5) is 9.08. The lowest BCUT2D eigenvalue weighted by atomic mass is 10.0. The van der Waals surface area contributed by atoms with Crippen LogP contribution in [-0.4, -0.2) is 31.8 Å². The first kappa shape index (κ1) is 26.7. The lowest BCUT2D eigenvalue weighted by Crippen LogP contribution is -2.34. The molecule has 6 nitrogen and oxygen atoms in total. The van der Waals surface area contributed by atoms with E-state index in [1.807, 2.05) is 38.1 Å². The van der Waals surface area contributed by atoms with Crippen LogP contribution in [0.25, 0.3) is 0 Å². The van der Waals surface area contributed by atoms with Gasteiger partial charge in [-0.1, -0.05) is 49.0 Å². The average Bonchev–Trinajstić information content (AvgIpc) is 2.82. The summed E-state index contributed by atoms with van der Waals surface area (Å²) in [6.07, 6.45) is -2.78. The van der Waals surface area contributed by atoms with Crippen molar-refractivity contribution in [3.63, 3.8) is 0 Å². The van der Waals surface area contributed by atoms with Crippen molar-refractivity contribution in [1.29, 1.82) is 0 Å². The van der Waals surface area contributed by atoms with Crippen molar-refractivity contribution in [3.8, 4) is 0 Å². The Hall–Kier alpha value is -3.59. The van der Waals surface area contributed by atoms with Crippen molar-refractivity contribution in [2.45, 2.75) is 26.2 Å². The zero-order valence-corrected chi connectivity index (χ0v) is 19.6. The van der Waals surface area contributed by atoms with E-state index < -0.39 is 17.9 Å². The number of amidine groups is 2. The van der Waals surface area contributed by atoms with E-state index in [0.717, 1.165) is 17.2 Å². The van der Waals surface area contributed by atoms with Gasteiger partial charge < -0.3 is 16.4 Å². The summed E-state index contributed by atoms with van der Waals surface area (Å²) in [5.41, 5.74) is 7.25. The molecule has 0 aromatic heterocycles. The molecule has 0 aliphatic heterocycles. The quantitative estimate of drug-likeness (QED) is 0.324. The van der Waals surface area contributed by atoms with Crippen molar-refractivity contribution < 1.29 is 13.2 Å². The number of nitrogens with two attached hydrogens (primary N) is 1. The summed E-state index contributed by atoms with van der Waals surface area (Å²) in [5.74, 6) is 0.826. The molecule has 0 radical (unpaired) electrons. The second kappa shape index (κ2) is 12.6. The van der Waals surface area contributed by atoms with Gasteiger partial charge >= 0.3 is 6.18 Å². The van der Waals surface area contributed by atoms with E-state index in [1.54, 1.807) is 13.1 Å². The van der Waals surface area contributed by atoms with Gasteiger partial charge in [-0.05, 0) is 31.6 Å². The number of aryl methyl sites for hydroxylation is 1. The van der Waals surface area contributed by atoms with Crippen LogP contribution in [0.1, 0.15) is 35.3 Å². The minimum absolute atomic E-state index is 0.0199. The maximum Gasteiger partial charge on any atom is 0.416 e. The van der Waals surface area contributed by atoms with Crippen LogP contribution in [-0.2, 0) is 6.18 Å². The molecular weight excluding hydrogens is 441 g/mol. The van der Waals surface area contributed by atoms with Crippen LogP contribution in [0.5, 0.6) is 0 Å². The largest absolute Gasteiger partial charge is 0.416 e. The zero-order chi connectivity index (χ0) is 25.1. The molecule has 2 rings (SSSR count). The minimum Gasteiger partial charge on any atom is -0.403 e. The summed E-state index contributed by atoms with van der Waals surface area (Å²) in [6.45, 7) is 8.32. The van der Waals surface area contributed by atoms with Crippen LogP contribution < -0.4 is 21.7 Å². The molecule has 2 aromatic carbocycles. The van der Waals surface area contributed by atoms with Gasteiger partial charge in [0.1, 0.15) is 17.8 Å². The fourth-order valence-corrected chi connectivity index (χ4v) is 3.24. The van der Waals surface area contributed by atoms with E-state index in [-0.39, 0.29) is 17.9 Å². The lowest BCUT2D eigenvalue weighted by Gasteiger charge is -2.22. The number of nitrogens with zero attached hydrogens (tertiary/aromatic N) is 2. The first-order chi connectivity index (χ1) is 16.2. The Morgan fingerprint density at radius 2 is 1.82 bits per heavy atom. The van der Waals surface area contributed by atoms with Gasteiger partial charge in [-0.15, -0.1) is 0 Å². The molecule has 0 heterocycles. The van der Waals surface area contributed by atoms with Crippen LogP contribution in [0.15, 0.2) is 83.1 Å². The number of aliphatic imine (C=N–C) groups is 2. The van der Waals surface area contributed by atoms with Crippen LogP contribution in [0, 0.1) is 6.92 Å². The Kier molecular flexibility index (Phi) is 9.88. The highest BCUT2D eigenvalue weighted by Crippen LogP contribution is 2.35. The van der Waals surface area contributed by atoms with E-state index in [9.17, 15) is 13.2 Å². The molecule has 182 valence electrons. The average molecular weight is 473 g/mol. The molecule has 0 spiro atoms. The van der Waals surface area contributed by atoms with Gasteiger partial charge in [0, 0.05) is 43.2 Å². The fourth-order valence-electron chi connectivity index (χ4n) is 3.24. The number of benzene rings is 2. The highest BCUT2D eigenvalue weighted by Gasteiger charge is 2.35. The summed E-state index contributed by atoms with van der Waals surface area (Å²) in [7, 11) is 1.68. The Balaban J connectivity index is 2.52. The van der Waals surface area contributed by atoms with Crippen LogP contribution in [0.4, 0.5) is 13.2 Å². The van der Waals surface area contributed by atoms with E-state index >= 15 is 0 Å². The summed E-state index contributed by atoms with van der Waals surface area (Å²) >= 11 is 0. The van der Waals surface area contributed by atoms with Crippen molar-refractivity contribution in [3.05, 3.63) is 95.3 Å². The minimum atomic E-state index is -4.54. The molecule has 1 unspecified atom stereocenters. The summed E-state index contributed by atoms with van der Waals surface area (Å²) in [5, 5.41) is 9.08. The first-order valence-electron chi connectivity index (χ1n) is 10.8. The van der Waals surface area contributed by atoms with Crippen LogP contribution >= 0.6 is 0 Å². The van der Waals surface area contributed by atoms with Crippen molar-refractivity contribution in [1.82, 2.24) is 16.0 Å². The molecule has 34 heavy (non-hydrogen) atoms. The van der Waals surface area contributed by atoms with Crippen LogP contribution in [0.3, 0.4) is 0 Å². The molecule has 9 heteroatoms. The molecule has 0 saturated heterocycles. The number of hydrogen-bond donors (Lipinski definition) is 4. The molecule has 0 amide bonds. The monoisotopic (exact) mass is 472 g/mol. The fraction of sp³-hybridized carbons (Fsp3) is 0.280. The molecule has 0 saturated carbocycles. The third-order valence-corrected chi connectivity index (χ3v) is 4.99. The maximum atomic E-state index is 13.8. The van der Waals surface area contributed by atoms with E-state index in [4.69, 9.17) is 5.73 Å². The zero-order valence-electron chi connectivity index (χ0n) is 19.6. The van der Waals surface area contributed by atoms with Gasteiger partial charge in [0.05, 0.1) is 5.56 Å². The van der Waals surface area contributed by atoms with Gasteiger partial charge in [0.15, 0.2) is 0 Å². The van der Waals surface area contributed by atoms with Gasteiger partial charge in [-0.25, -0.2) is 4.99 Å². The highest BCUT2D eigenvalue weighted by molar-refractivity contribution is 6.13. The van der Waals surface area contributed by atoms with E-state index in [0.29, 0.717) is 18.1 Å². The molecule has 0 aliphatic rings. The summed E-state index contributed by atoms with van der Waals surface area (Å²) in [6, 6.07) is 13.0. The third kappa shape index (κ3) is 7.21. The molecule has 1 atom stereocenters. The predicted molar refractivity (Wildman–Crippen MR) is 133 cm³/mol. The normalized spacial score (nSPS) is 14.0. The molecule has 0 bridgehead atoms. The van der Waals surface area contributed by atoms with Gasteiger partial charge in [0.2, 0.25) is 0 Å². The van der Waals surface area contributed by atoms with Crippen LogP contribution in [0.2, 0.25) is 0 Å². The Bertz CT molecular complexity index is 1060. The van der Waals surface area contributed by atoms with Crippen molar-refractivity contribution in [2.75, 3.05) is 20.1 Å². The third-order valence-electron chi connectivity index (χ3n) is 4.99. The molecule has 2 aromatic rings. The van der Waals surface area contributed by atoms with Gasteiger partial charge in [0.25, 0.3) is 0 Å². The number of hydrogen-bond acceptors (Lipinski definition) is 5. The molecule has 0 aliphatic carbocycles. The van der Waals surface area contributed by atoms with E-state index in [1.165, 1.54) is 24.4 Å². The highest BCUT2D eigenvalue weighted by atomic mass is 19.4. The molecule has 0 fully saturated rings. The number of halogens is 3. The second-order valence-corrected chi connectivity index (χ2v) is 7.29. The topological polar surface area (TPSA) is 86.8 Å². The lowest BCUT2D eigenvalue weighted by molar-refractivity contribution is -0.138. The van der Waals surface area contributed by atoms with Crippen molar-refractivity contribution in [2.24, 2.45) is 15.7 Å². The Morgan fingerprint density at radius 1 is 1.15 bits per heavy atom.